The van der Waals surface area contributed by atoms with Crippen LogP contribution < -0.4 is 10.6 Å². The summed E-state index contributed by atoms with van der Waals surface area (Å²) in [6.07, 6.45) is 3.13. The van der Waals surface area contributed by atoms with Crippen LogP contribution in [0.5, 0.6) is 0 Å². The Balaban J connectivity index is 0.00000281. The van der Waals surface area contributed by atoms with E-state index in [1.165, 1.54) is 11.1 Å². The molecule has 0 bridgehead atoms. The van der Waals surface area contributed by atoms with Crippen LogP contribution in [0, 0.1) is 6.92 Å². The highest BCUT2D eigenvalue weighted by Crippen LogP contribution is 2.26. The van der Waals surface area contributed by atoms with Crippen LogP contribution >= 0.6 is 0 Å². The first kappa shape index (κ1) is 28.9. The molecule has 0 saturated heterocycles. The molecule has 2 aromatic rings. The van der Waals surface area contributed by atoms with Gasteiger partial charge in [-0.1, -0.05) is 83.2 Å². The van der Waals surface area contributed by atoms with Gasteiger partial charge in [-0.2, -0.15) is 0 Å². The maximum Gasteiger partial charge on any atom is 0.156 e. The maximum absolute atomic E-state index is 4.75. The van der Waals surface area contributed by atoms with E-state index < -0.39 is 0 Å². The number of allylic oxidation sites excluding steroid dienone is 2. The number of aliphatic imine (C=N–C) groups is 2. The molecule has 0 fully saturated rings. The maximum atomic E-state index is 4.75. The largest absolute Gasteiger partial charge is 0.379 e. The van der Waals surface area contributed by atoms with Crippen LogP contribution in [-0.2, 0) is 5.41 Å². The standard InChI is InChI=1S/C28H38N4.C2H6/c1-9-28(6,7)24-15-13-23(14-16-24)27(29-8)32-22(5)31-26(17-20(2)3)19-30-25-12-10-11-21(4)18-25;1-2/h10-18,30H,2,9,19H2,1,3-8H3,(H,29,31,32);1-2H3/b26-17-;. The van der Waals surface area contributed by atoms with Gasteiger partial charge >= 0.3 is 0 Å². The van der Waals surface area contributed by atoms with Crippen molar-refractivity contribution < 1.29 is 0 Å². The van der Waals surface area contributed by atoms with Gasteiger partial charge in [0.05, 0.1) is 6.54 Å². The molecule has 0 unspecified atom stereocenters. The molecule has 2 N–H and O–H groups in total. The fraction of sp³-hybridized carbons (Fsp3) is 0.400. The van der Waals surface area contributed by atoms with Gasteiger partial charge in [0, 0.05) is 24.0 Å². The number of nitrogens with zero attached hydrogens (tertiary/aromatic N) is 2. The van der Waals surface area contributed by atoms with E-state index >= 15 is 0 Å². The molecule has 2 rings (SSSR count). The highest BCUT2D eigenvalue weighted by Gasteiger charge is 2.17. The summed E-state index contributed by atoms with van der Waals surface area (Å²) in [5.41, 5.74) is 6.78. The second-order valence-electron chi connectivity index (χ2n) is 8.92. The fourth-order valence-electron chi connectivity index (χ4n) is 3.32. The van der Waals surface area contributed by atoms with Crippen LogP contribution in [0.2, 0.25) is 0 Å². The minimum Gasteiger partial charge on any atom is -0.379 e. The van der Waals surface area contributed by atoms with Gasteiger partial charge in [0.2, 0.25) is 0 Å². The third-order valence-electron chi connectivity index (χ3n) is 5.56. The van der Waals surface area contributed by atoms with Gasteiger partial charge in [0.1, 0.15) is 5.84 Å². The summed E-state index contributed by atoms with van der Waals surface area (Å²) in [6.45, 7) is 21.4. The molecule has 0 saturated carbocycles. The molecule has 2 aromatic carbocycles. The number of aryl methyl sites for hydroxylation is 1. The van der Waals surface area contributed by atoms with Gasteiger partial charge in [-0.15, -0.1) is 0 Å². The molecular formula is C30H44N4. The topological polar surface area (TPSA) is 48.8 Å². The number of amidine groups is 2. The van der Waals surface area contributed by atoms with E-state index in [0.29, 0.717) is 12.4 Å². The van der Waals surface area contributed by atoms with E-state index in [9.17, 15) is 0 Å². The normalized spacial score (nSPS) is 12.6. The Labute approximate surface area is 208 Å². The molecule has 184 valence electrons. The lowest BCUT2D eigenvalue weighted by molar-refractivity contribution is 0.506. The third-order valence-corrected chi connectivity index (χ3v) is 5.56. The average Bonchev–Trinajstić information content (AvgIpc) is 2.82. The zero-order valence-electron chi connectivity index (χ0n) is 22.7. The van der Waals surface area contributed by atoms with Crippen molar-refractivity contribution in [1.82, 2.24) is 5.32 Å². The molecule has 0 amide bonds. The van der Waals surface area contributed by atoms with Crippen molar-refractivity contribution in [3.63, 3.8) is 0 Å². The number of hydrogen-bond acceptors (Lipinski definition) is 2. The van der Waals surface area contributed by atoms with E-state index in [-0.39, 0.29) is 5.41 Å². The first-order valence-electron chi connectivity index (χ1n) is 12.2. The van der Waals surface area contributed by atoms with Gasteiger partial charge in [0.25, 0.3) is 0 Å². The second-order valence-corrected chi connectivity index (χ2v) is 8.92. The first-order chi connectivity index (χ1) is 16.1. The Morgan fingerprint density at radius 3 is 2.24 bits per heavy atom. The molecule has 0 heterocycles. The van der Waals surface area contributed by atoms with Gasteiger partial charge in [-0.05, 0) is 61.9 Å². The highest BCUT2D eigenvalue weighted by atomic mass is 15.1. The summed E-state index contributed by atoms with van der Waals surface area (Å²) in [4.78, 5) is 9.17. The van der Waals surface area contributed by atoms with Gasteiger partial charge < -0.3 is 10.6 Å². The molecule has 0 spiro atoms. The molecule has 0 aliphatic heterocycles. The Kier molecular flexibility index (Phi) is 12.1. The van der Waals surface area contributed by atoms with Crippen molar-refractivity contribution in [3.05, 3.63) is 89.1 Å². The monoisotopic (exact) mass is 460 g/mol. The van der Waals surface area contributed by atoms with Gasteiger partial charge in [-0.3, -0.25) is 4.99 Å². The predicted octanol–water partition coefficient (Wildman–Crippen LogP) is 7.67. The van der Waals surface area contributed by atoms with Crippen LogP contribution in [0.4, 0.5) is 5.69 Å². The van der Waals surface area contributed by atoms with Crippen molar-refractivity contribution in [2.24, 2.45) is 9.98 Å². The highest BCUT2D eigenvalue weighted by molar-refractivity contribution is 6.06. The Bertz CT molecular complexity index is 1010. The quantitative estimate of drug-likeness (QED) is 0.241. The molecule has 4 nitrogen and oxygen atoms in total. The molecule has 0 atom stereocenters. The lowest BCUT2D eigenvalue weighted by Crippen LogP contribution is -2.26. The summed E-state index contributed by atoms with van der Waals surface area (Å²) in [5.74, 6) is 1.49. The Hall–Kier alpha value is -3.14. The van der Waals surface area contributed by atoms with Crippen LogP contribution in [-0.4, -0.2) is 25.3 Å². The van der Waals surface area contributed by atoms with Crippen molar-refractivity contribution in [2.45, 2.75) is 67.2 Å². The molecule has 0 aliphatic carbocycles. The van der Waals surface area contributed by atoms with Crippen LogP contribution in [0.3, 0.4) is 0 Å². The van der Waals surface area contributed by atoms with Crippen LogP contribution in [0.25, 0.3) is 0 Å². The predicted molar refractivity (Wildman–Crippen MR) is 152 cm³/mol. The lowest BCUT2D eigenvalue weighted by atomic mass is 9.82. The van der Waals surface area contributed by atoms with Crippen molar-refractivity contribution >= 4 is 17.4 Å². The van der Waals surface area contributed by atoms with Crippen molar-refractivity contribution in [3.8, 4) is 0 Å². The van der Waals surface area contributed by atoms with E-state index in [0.717, 1.165) is 34.8 Å². The average molecular weight is 461 g/mol. The van der Waals surface area contributed by atoms with E-state index in [4.69, 9.17) is 4.99 Å². The second kappa shape index (κ2) is 14.2. The number of benzene rings is 2. The summed E-state index contributed by atoms with van der Waals surface area (Å²) in [5, 5.41) is 6.88. The summed E-state index contributed by atoms with van der Waals surface area (Å²) in [6, 6.07) is 16.9. The molecule has 0 radical (unpaired) electrons. The van der Waals surface area contributed by atoms with Crippen LogP contribution in [0.15, 0.2) is 82.4 Å². The molecule has 0 aromatic heterocycles. The SMILES string of the molecule is C=C(C)/C=C(/CNc1cccc(C)c1)NC(C)=NC(=NC)c1ccc(C(C)(C)CC)cc1.CC. The number of rotatable bonds is 8. The molecule has 4 heteroatoms. The van der Waals surface area contributed by atoms with Gasteiger partial charge in [-0.25, -0.2) is 4.99 Å². The van der Waals surface area contributed by atoms with E-state index in [2.05, 4.69) is 98.4 Å². The minimum absolute atomic E-state index is 0.162. The molecule has 34 heavy (non-hydrogen) atoms. The Morgan fingerprint density at radius 1 is 1.06 bits per heavy atom. The summed E-state index contributed by atoms with van der Waals surface area (Å²) in [7, 11) is 1.78. The minimum atomic E-state index is 0.162. The smallest absolute Gasteiger partial charge is 0.156 e. The number of hydrogen-bond donors (Lipinski definition) is 2. The zero-order chi connectivity index (χ0) is 25.7. The fourth-order valence-corrected chi connectivity index (χ4v) is 3.32. The summed E-state index contributed by atoms with van der Waals surface area (Å²) >= 11 is 0. The lowest BCUT2D eigenvalue weighted by Gasteiger charge is -2.23. The number of nitrogens with one attached hydrogen (secondary N) is 2. The van der Waals surface area contributed by atoms with E-state index in [1.807, 2.05) is 33.8 Å². The van der Waals surface area contributed by atoms with Crippen LogP contribution in [0.1, 0.15) is 71.6 Å². The van der Waals surface area contributed by atoms with Crippen molar-refractivity contribution in [1.29, 1.82) is 0 Å². The van der Waals surface area contributed by atoms with E-state index in [1.54, 1.807) is 7.05 Å². The van der Waals surface area contributed by atoms with Crippen molar-refractivity contribution in [2.75, 3.05) is 18.9 Å². The van der Waals surface area contributed by atoms with Gasteiger partial charge in [0.15, 0.2) is 5.84 Å². The first-order valence-corrected chi connectivity index (χ1v) is 12.2. The molecule has 0 aliphatic rings. The molecular weight excluding hydrogens is 416 g/mol. The summed E-state index contributed by atoms with van der Waals surface area (Å²) < 4.78 is 0. The third kappa shape index (κ3) is 9.38. The number of anilines is 1. The Morgan fingerprint density at radius 2 is 1.71 bits per heavy atom. The zero-order valence-corrected chi connectivity index (χ0v) is 22.7.